The maximum atomic E-state index is 12.8. The number of carbonyl (C=O) groups excluding carboxylic acids is 1. The predicted octanol–water partition coefficient (Wildman–Crippen LogP) is 2.18. The number of pyridine rings is 1. The molecule has 13 nitrogen and oxygen atoms in total. The number of hydrogen-bond acceptors (Lipinski definition) is 8. The number of rotatable bonds is 5. The van der Waals surface area contributed by atoms with Gasteiger partial charge in [-0.25, -0.2) is 19.2 Å². The summed E-state index contributed by atoms with van der Waals surface area (Å²) in [5.41, 5.74) is 5.19. The highest BCUT2D eigenvalue weighted by atomic mass is 16.4. The normalized spacial score (nSPS) is 12.7. The first-order chi connectivity index (χ1) is 19.4. The summed E-state index contributed by atoms with van der Waals surface area (Å²) in [6.07, 6.45) is 0.848. The van der Waals surface area contributed by atoms with Crippen LogP contribution in [0.1, 0.15) is 18.2 Å². The molecule has 2 aromatic carbocycles. The molecule has 5 N–H and O–H groups in total. The second-order valence-corrected chi connectivity index (χ2v) is 8.80. The fraction of sp³-hybridized carbons (Fsp3) is 0.286. The van der Waals surface area contributed by atoms with Crippen LogP contribution in [-0.4, -0.2) is 92.8 Å². The summed E-state index contributed by atoms with van der Waals surface area (Å²) in [5, 5.41) is 33.8. The zero-order valence-corrected chi connectivity index (χ0v) is 22.6. The van der Waals surface area contributed by atoms with E-state index in [4.69, 9.17) is 44.6 Å². The topological polar surface area (TPSA) is 198 Å². The second-order valence-electron chi connectivity index (χ2n) is 8.80. The Balaban J connectivity index is 0.000000413. The van der Waals surface area contributed by atoms with E-state index in [0.717, 1.165) is 60.4 Å². The molecular formula is C28H32N4O9. The molecule has 1 amide bonds. The molecule has 1 aromatic heterocycles. The van der Waals surface area contributed by atoms with Crippen LogP contribution in [0.3, 0.4) is 0 Å². The Morgan fingerprint density at radius 1 is 0.780 bits per heavy atom. The van der Waals surface area contributed by atoms with E-state index in [2.05, 4.69) is 46.3 Å². The first kappa shape index (κ1) is 32.2. The second kappa shape index (κ2) is 15.5. The lowest BCUT2D eigenvalue weighted by molar-refractivity contribution is -0.159. The van der Waals surface area contributed by atoms with Crippen molar-refractivity contribution < 1.29 is 44.4 Å². The number of hydrogen-bond donors (Lipinski definition) is 5. The summed E-state index contributed by atoms with van der Waals surface area (Å²) in [7, 11) is 0. The van der Waals surface area contributed by atoms with Crippen molar-refractivity contribution in [1.29, 1.82) is 0 Å². The van der Waals surface area contributed by atoms with E-state index < -0.39 is 23.9 Å². The van der Waals surface area contributed by atoms with Gasteiger partial charge in [0.1, 0.15) is 0 Å². The third-order valence-corrected chi connectivity index (χ3v) is 6.06. The number of fused-ring (bicyclic) bond motifs is 1. The van der Waals surface area contributed by atoms with Gasteiger partial charge in [-0.15, -0.1) is 0 Å². The third kappa shape index (κ3) is 9.89. The molecule has 0 saturated carbocycles. The van der Waals surface area contributed by atoms with Crippen LogP contribution in [0.5, 0.6) is 0 Å². The number of carboxylic acids is 4. The van der Waals surface area contributed by atoms with Gasteiger partial charge in [0.05, 0.1) is 17.7 Å². The van der Waals surface area contributed by atoms with Crippen LogP contribution in [-0.2, 0) is 30.4 Å². The van der Waals surface area contributed by atoms with E-state index in [1.807, 2.05) is 37.3 Å². The van der Waals surface area contributed by atoms with E-state index in [1.165, 1.54) is 5.69 Å². The third-order valence-electron chi connectivity index (χ3n) is 6.06. The number of carboxylic acid groups (broad SMARTS) is 4. The summed E-state index contributed by atoms with van der Waals surface area (Å²) < 4.78 is 0. The smallest absolute Gasteiger partial charge is 0.414 e. The number of benzene rings is 2. The largest absolute Gasteiger partial charge is 0.473 e. The molecule has 41 heavy (non-hydrogen) atoms. The molecule has 0 unspecified atom stereocenters. The van der Waals surface area contributed by atoms with E-state index >= 15 is 0 Å². The summed E-state index contributed by atoms with van der Waals surface area (Å²) in [6.45, 7) is 8.22. The van der Waals surface area contributed by atoms with Crippen LogP contribution in [0.25, 0.3) is 10.9 Å². The van der Waals surface area contributed by atoms with Gasteiger partial charge in [-0.1, -0.05) is 43.3 Å². The van der Waals surface area contributed by atoms with Crippen molar-refractivity contribution in [1.82, 2.24) is 9.88 Å². The lowest BCUT2D eigenvalue weighted by atomic mass is 10.1. The standard InChI is InChI=1S/C24H28N4O.2C2H2O4/c1-3-21-18(2)24(20-11-7-8-12-22(20)25-21)26-23(29)17-27-13-15-28(16-14-27)19-9-5-4-6-10-19;2*3-1(4)2(5)6/h4-12H,3,13-17H2,1-2H3,(H,25,26,29);2*(H,3,4)(H,5,6). The lowest BCUT2D eigenvalue weighted by Crippen LogP contribution is -2.48. The van der Waals surface area contributed by atoms with Gasteiger partial charge < -0.3 is 30.6 Å². The quantitative estimate of drug-likeness (QED) is 0.282. The fourth-order valence-electron chi connectivity index (χ4n) is 4.05. The van der Waals surface area contributed by atoms with Crippen LogP contribution in [0.4, 0.5) is 11.4 Å². The van der Waals surface area contributed by atoms with Gasteiger partial charge in [0, 0.05) is 42.9 Å². The van der Waals surface area contributed by atoms with E-state index in [0.29, 0.717) is 6.54 Å². The summed E-state index contributed by atoms with van der Waals surface area (Å²) in [5.74, 6) is -7.25. The van der Waals surface area contributed by atoms with E-state index in [-0.39, 0.29) is 5.91 Å². The molecule has 1 saturated heterocycles. The molecule has 0 aliphatic carbocycles. The number of carbonyl (C=O) groups is 5. The number of aliphatic carboxylic acids is 4. The Kier molecular flexibility index (Phi) is 12.2. The predicted molar refractivity (Wildman–Crippen MR) is 150 cm³/mol. The van der Waals surface area contributed by atoms with Crippen molar-refractivity contribution in [3.05, 3.63) is 65.9 Å². The molecule has 3 aromatic rings. The highest BCUT2D eigenvalue weighted by Gasteiger charge is 2.20. The van der Waals surface area contributed by atoms with Crippen molar-refractivity contribution in [2.24, 2.45) is 0 Å². The Bertz CT molecular complexity index is 1340. The molecular weight excluding hydrogens is 536 g/mol. The van der Waals surface area contributed by atoms with Crippen LogP contribution in [0.15, 0.2) is 54.6 Å². The molecule has 0 atom stereocenters. The van der Waals surface area contributed by atoms with Gasteiger partial charge in [0.15, 0.2) is 0 Å². The number of amides is 1. The summed E-state index contributed by atoms with van der Waals surface area (Å²) >= 11 is 0. The van der Waals surface area contributed by atoms with Gasteiger partial charge in [0.2, 0.25) is 5.91 Å². The molecule has 0 spiro atoms. The molecule has 13 heteroatoms. The first-order valence-corrected chi connectivity index (χ1v) is 12.6. The average molecular weight is 569 g/mol. The minimum absolute atomic E-state index is 0.0414. The number of aryl methyl sites for hydroxylation is 1. The maximum Gasteiger partial charge on any atom is 0.414 e. The highest BCUT2D eigenvalue weighted by molar-refractivity contribution is 6.27. The number of nitrogens with zero attached hydrogens (tertiary/aromatic N) is 3. The summed E-state index contributed by atoms with van der Waals surface area (Å²) in [4.78, 5) is 58.6. The van der Waals surface area contributed by atoms with E-state index in [9.17, 15) is 4.79 Å². The van der Waals surface area contributed by atoms with Crippen molar-refractivity contribution in [3.63, 3.8) is 0 Å². The minimum Gasteiger partial charge on any atom is -0.473 e. The number of nitrogens with one attached hydrogen (secondary N) is 1. The SMILES string of the molecule is CCc1nc2ccccc2c(NC(=O)CN2CCN(c3ccccc3)CC2)c1C.O=C(O)C(=O)O.O=C(O)C(=O)O. The van der Waals surface area contributed by atoms with Gasteiger partial charge in [0.25, 0.3) is 0 Å². The highest BCUT2D eigenvalue weighted by Crippen LogP contribution is 2.28. The number of anilines is 2. The fourth-order valence-corrected chi connectivity index (χ4v) is 4.05. The minimum atomic E-state index is -1.82. The van der Waals surface area contributed by atoms with Crippen molar-refractivity contribution in [2.45, 2.75) is 20.3 Å². The monoisotopic (exact) mass is 568 g/mol. The first-order valence-electron chi connectivity index (χ1n) is 12.6. The Morgan fingerprint density at radius 3 is 1.80 bits per heavy atom. The average Bonchev–Trinajstić information content (AvgIpc) is 2.95. The number of aromatic nitrogens is 1. The molecule has 0 bridgehead atoms. The van der Waals surface area contributed by atoms with Gasteiger partial charge >= 0.3 is 23.9 Å². The summed E-state index contributed by atoms with van der Waals surface area (Å²) in [6, 6.07) is 18.5. The van der Waals surface area contributed by atoms with Crippen LogP contribution in [0.2, 0.25) is 0 Å². The lowest BCUT2D eigenvalue weighted by Gasteiger charge is -2.35. The van der Waals surface area contributed by atoms with Gasteiger partial charge in [-0.05, 0) is 37.1 Å². The van der Waals surface area contributed by atoms with Gasteiger partial charge in [-0.2, -0.15) is 0 Å². The van der Waals surface area contributed by atoms with Gasteiger partial charge in [-0.3, -0.25) is 14.7 Å². The van der Waals surface area contributed by atoms with Crippen LogP contribution >= 0.6 is 0 Å². The van der Waals surface area contributed by atoms with Crippen molar-refractivity contribution in [3.8, 4) is 0 Å². The zero-order valence-electron chi connectivity index (χ0n) is 22.6. The molecule has 4 rings (SSSR count). The Labute approximate surface area is 235 Å². The zero-order chi connectivity index (χ0) is 30.5. The van der Waals surface area contributed by atoms with Crippen LogP contribution < -0.4 is 10.2 Å². The molecule has 218 valence electrons. The molecule has 1 aliphatic rings. The van der Waals surface area contributed by atoms with Crippen molar-refractivity contribution >= 4 is 52.1 Å². The molecule has 2 heterocycles. The Morgan fingerprint density at radius 2 is 1.29 bits per heavy atom. The van der Waals surface area contributed by atoms with E-state index in [1.54, 1.807) is 0 Å². The number of piperazine rings is 1. The van der Waals surface area contributed by atoms with Crippen LogP contribution in [0, 0.1) is 6.92 Å². The molecule has 1 aliphatic heterocycles. The molecule has 0 radical (unpaired) electrons. The number of para-hydroxylation sites is 2. The molecule has 1 fully saturated rings. The Hall–Kier alpha value is -5.04. The maximum absolute atomic E-state index is 12.8. The van der Waals surface area contributed by atoms with Crippen molar-refractivity contribution in [2.75, 3.05) is 42.9 Å².